The van der Waals surface area contributed by atoms with E-state index in [9.17, 15) is 20.1 Å². The molecule has 0 heterocycles. The third-order valence-corrected chi connectivity index (χ3v) is 3.94. The SMILES string of the molecule is CCOC(=O)c1ccc(NCC(O)C(O)C(C(C)N)C(O)CO)cc1. The summed E-state index contributed by atoms with van der Waals surface area (Å²) >= 11 is 0. The van der Waals surface area contributed by atoms with Gasteiger partial charge in [-0.3, -0.25) is 0 Å². The van der Waals surface area contributed by atoms with E-state index < -0.39 is 42.8 Å². The van der Waals surface area contributed by atoms with Crippen LogP contribution in [0.1, 0.15) is 24.2 Å². The number of nitrogens with one attached hydrogen (secondary N) is 1. The van der Waals surface area contributed by atoms with Crippen LogP contribution in [-0.2, 0) is 4.74 Å². The largest absolute Gasteiger partial charge is 0.462 e. The molecule has 0 saturated carbocycles. The van der Waals surface area contributed by atoms with Gasteiger partial charge in [-0.05, 0) is 38.1 Å². The maximum absolute atomic E-state index is 11.6. The molecule has 0 fully saturated rings. The van der Waals surface area contributed by atoms with Gasteiger partial charge in [-0.2, -0.15) is 0 Å². The summed E-state index contributed by atoms with van der Waals surface area (Å²) in [5.41, 5.74) is 6.77. The van der Waals surface area contributed by atoms with E-state index in [-0.39, 0.29) is 6.54 Å². The lowest BCUT2D eigenvalue weighted by atomic mass is 9.87. The van der Waals surface area contributed by atoms with Crippen LogP contribution in [0.25, 0.3) is 0 Å². The molecule has 0 aliphatic heterocycles. The van der Waals surface area contributed by atoms with E-state index >= 15 is 0 Å². The van der Waals surface area contributed by atoms with E-state index in [0.29, 0.717) is 17.9 Å². The van der Waals surface area contributed by atoms with Crippen molar-refractivity contribution in [2.24, 2.45) is 11.7 Å². The molecule has 1 rings (SSSR count). The second-order valence-corrected chi connectivity index (χ2v) is 5.92. The topological polar surface area (TPSA) is 145 Å². The van der Waals surface area contributed by atoms with E-state index in [0.717, 1.165) is 0 Å². The highest BCUT2D eigenvalue weighted by Gasteiger charge is 2.34. The molecule has 5 atom stereocenters. The number of carbonyl (C=O) groups excluding carboxylic acids is 1. The van der Waals surface area contributed by atoms with Crippen molar-refractivity contribution >= 4 is 11.7 Å². The summed E-state index contributed by atoms with van der Waals surface area (Å²) < 4.78 is 4.89. The van der Waals surface area contributed by atoms with Gasteiger partial charge in [0.15, 0.2) is 0 Å². The van der Waals surface area contributed by atoms with Crippen LogP contribution in [0.4, 0.5) is 5.69 Å². The Labute approximate surface area is 147 Å². The number of ether oxygens (including phenoxy) is 1. The number of esters is 1. The standard InChI is InChI=1S/C17H28N2O6/c1-3-25-17(24)11-4-6-12(7-5-11)19-8-13(21)16(23)15(10(2)18)14(22)9-20/h4-7,10,13-16,19-23H,3,8-9,18H2,1-2H3. The quantitative estimate of drug-likeness (QED) is 0.302. The zero-order valence-corrected chi connectivity index (χ0v) is 14.5. The maximum atomic E-state index is 11.6. The number of nitrogens with two attached hydrogens (primary N) is 1. The van der Waals surface area contributed by atoms with Crippen molar-refractivity contribution < 1.29 is 30.0 Å². The van der Waals surface area contributed by atoms with Gasteiger partial charge >= 0.3 is 5.97 Å². The molecule has 0 saturated heterocycles. The molecule has 0 bridgehead atoms. The van der Waals surface area contributed by atoms with Crippen molar-refractivity contribution in [2.75, 3.05) is 25.1 Å². The van der Waals surface area contributed by atoms with Crippen LogP contribution in [0.3, 0.4) is 0 Å². The molecule has 25 heavy (non-hydrogen) atoms. The number of anilines is 1. The molecule has 1 aromatic carbocycles. The van der Waals surface area contributed by atoms with Gasteiger partial charge in [0.25, 0.3) is 0 Å². The molecule has 0 aliphatic rings. The minimum Gasteiger partial charge on any atom is -0.462 e. The number of rotatable bonds is 10. The van der Waals surface area contributed by atoms with Gasteiger partial charge in [-0.15, -0.1) is 0 Å². The first kappa shape index (κ1) is 21.3. The summed E-state index contributed by atoms with van der Waals surface area (Å²) in [5, 5.41) is 42.1. The molecule has 0 amide bonds. The molecule has 8 nitrogen and oxygen atoms in total. The Morgan fingerprint density at radius 3 is 2.28 bits per heavy atom. The Hall–Kier alpha value is -1.71. The average molecular weight is 356 g/mol. The second-order valence-electron chi connectivity index (χ2n) is 5.92. The predicted octanol–water partition coefficient (Wildman–Crippen LogP) is -0.686. The van der Waals surface area contributed by atoms with E-state index in [4.69, 9.17) is 15.6 Å². The van der Waals surface area contributed by atoms with Crippen molar-refractivity contribution in [1.29, 1.82) is 0 Å². The monoisotopic (exact) mass is 356 g/mol. The van der Waals surface area contributed by atoms with Gasteiger partial charge < -0.3 is 36.2 Å². The summed E-state index contributed by atoms with van der Waals surface area (Å²) in [6.07, 6.45) is -3.75. The lowest BCUT2D eigenvalue weighted by Crippen LogP contribution is -2.51. The summed E-state index contributed by atoms with van der Waals surface area (Å²) in [4.78, 5) is 11.6. The van der Waals surface area contributed by atoms with Crippen LogP contribution in [0.15, 0.2) is 24.3 Å². The fourth-order valence-electron chi connectivity index (χ4n) is 2.55. The lowest BCUT2D eigenvalue weighted by molar-refractivity contribution is -0.0722. The Kier molecular flexibility index (Phi) is 8.81. The number of hydrogen-bond donors (Lipinski definition) is 6. The van der Waals surface area contributed by atoms with Crippen molar-refractivity contribution in [3.05, 3.63) is 29.8 Å². The normalized spacial score (nSPS) is 17.2. The molecule has 0 aromatic heterocycles. The fourth-order valence-corrected chi connectivity index (χ4v) is 2.55. The third kappa shape index (κ3) is 6.26. The van der Waals surface area contributed by atoms with Crippen molar-refractivity contribution in [2.45, 2.75) is 38.2 Å². The fraction of sp³-hybridized carbons (Fsp3) is 0.588. The molecule has 8 heteroatoms. The Morgan fingerprint density at radius 1 is 1.20 bits per heavy atom. The van der Waals surface area contributed by atoms with Gasteiger partial charge in [0, 0.05) is 24.2 Å². The Balaban J connectivity index is 2.62. The molecular formula is C17H28N2O6. The van der Waals surface area contributed by atoms with Crippen LogP contribution in [0.2, 0.25) is 0 Å². The summed E-state index contributed by atoms with van der Waals surface area (Å²) in [6, 6.07) is 5.86. The van der Waals surface area contributed by atoms with Gasteiger partial charge in [-0.25, -0.2) is 4.79 Å². The molecular weight excluding hydrogens is 328 g/mol. The zero-order valence-electron chi connectivity index (χ0n) is 14.5. The number of hydrogen-bond acceptors (Lipinski definition) is 8. The summed E-state index contributed by atoms with van der Waals surface area (Å²) in [7, 11) is 0. The number of carbonyl (C=O) groups is 1. The van der Waals surface area contributed by atoms with E-state index in [1.807, 2.05) is 0 Å². The lowest BCUT2D eigenvalue weighted by Gasteiger charge is -2.32. The Bertz CT molecular complexity index is 522. The first-order chi connectivity index (χ1) is 11.8. The van der Waals surface area contributed by atoms with Crippen molar-refractivity contribution in [3.63, 3.8) is 0 Å². The van der Waals surface area contributed by atoms with Crippen LogP contribution < -0.4 is 11.1 Å². The highest BCUT2D eigenvalue weighted by atomic mass is 16.5. The van der Waals surface area contributed by atoms with Crippen LogP contribution >= 0.6 is 0 Å². The molecule has 0 radical (unpaired) electrons. The van der Waals surface area contributed by atoms with E-state index in [2.05, 4.69) is 5.32 Å². The van der Waals surface area contributed by atoms with Crippen LogP contribution in [0.5, 0.6) is 0 Å². The molecule has 0 aliphatic carbocycles. The zero-order chi connectivity index (χ0) is 19.0. The first-order valence-electron chi connectivity index (χ1n) is 8.23. The predicted molar refractivity (Wildman–Crippen MR) is 93.1 cm³/mol. The average Bonchev–Trinajstić information content (AvgIpc) is 2.59. The van der Waals surface area contributed by atoms with Crippen molar-refractivity contribution in [1.82, 2.24) is 0 Å². The number of aliphatic hydroxyl groups excluding tert-OH is 4. The minimum absolute atomic E-state index is 0.00128. The molecule has 5 unspecified atom stereocenters. The summed E-state index contributed by atoms with van der Waals surface area (Å²) in [5.74, 6) is -1.28. The van der Waals surface area contributed by atoms with Crippen molar-refractivity contribution in [3.8, 4) is 0 Å². The first-order valence-corrected chi connectivity index (χ1v) is 8.23. The van der Waals surface area contributed by atoms with Gasteiger partial charge in [0.2, 0.25) is 0 Å². The summed E-state index contributed by atoms with van der Waals surface area (Å²) in [6.45, 7) is 3.05. The van der Waals surface area contributed by atoms with Crippen LogP contribution in [-0.4, -0.2) is 70.5 Å². The minimum atomic E-state index is -1.31. The number of benzene rings is 1. The van der Waals surface area contributed by atoms with Gasteiger partial charge in [0.05, 0.1) is 37.1 Å². The van der Waals surface area contributed by atoms with E-state index in [1.54, 1.807) is 38.1 Å². The molecule has 1 aromatic rings. The second kappa shape index (κ2) is 10.3. The highest BCUT2D eigenvalue weighted by Crippen LogP contribution is 2.17. The van der Waals surface area contributed by atoms with Gasteiger partial charge in [-0.1, -0.05) is 0 Å². The maximum Gasteiger partial charge on any atom is 0.338 e. The smallest absolute Gasteiger partial charge is 0.338 e. The van der Waals surface area contributed by atoms with E-state index in [1.165, 1.54) is 0 Å². The van der Waals surface area contributed by atoms with Gasteiger partial charge in [0.1, 0.15) is 0 Å². The molecule has 142 valence electrons. The third-order valence-electron chi connectivity index (χ3n) is 3.94. The molecule has 0 spiro atoms. The highest BCUT2D eigenvalue weighted by molar-refractivity contribution is 5.89. The molecule has 7 N–H and O–H groups in total. The number of aliphatic hydroxyl groups is 4. The Morgan fingerprint density at radius 2 is 1.80 bits per heavy atom. The van der Waals surface area contributed by atoms with Crippen LogP contribution in [0, 0.1) is 5.92 Å².